The van der Waals surface area contributed by atoms with Crippen molar-refractivity contribution in [3.05, 3.63) is 12.3 Å². The van der Waals surface area contributed by atoms with Gasteiger partial charge in [-0.05, 0) is 33.4 Å². The number of hydrogen-bond donors (Lipinski definition) is 1. The van der Waals surface area contributed by atoms with Gasteiger partial charge in [0.1, 0.15) is 12.4 Å². The first-order valence-electron chi connectivity index (χ1n) is 14.5. The number of carbonyl (C=O) groups excluding carboxylic acids is 1. The molecule has 0 radical (unpaired) electrons. The highest BCUT2D eigenvalue weighted by Gasteiger charge is 2.15. The number of aliphatic hydroxyl groups is 1. The predicted octanol–water partition coefficient (Wildman–Crippen LogP) is 8.08. The Hall–Kier alpha value is -0.870. The molecule has 0 fully saturated rings. The van der Waals surface area contributed by atoms with E-state index in [9.17, 15) is 9.90 Å². The minimum atomic E-state index is -0.427. The zero-order valence-electron chi connectivity index (χ0n) is 23.4. The van der Waals surface area contributed by atoms with Gasteiger partial charge in [0.15, 0.2) is 0 Å². The van der Waals surface area contributed by atoms with E-state index in [2.05, 4.69) is 18.4 Å². The van der Waals surface area contributed by atoms with Crippen LogP contribution in [0.3, 0.4) is 0 Å². The average Bonchev–Trinajstić information content (AvgIpc) is 2.76. The topological polar surface area (TPSA) is 49.8 Å². The molecule has 0 amide bonds. The Bertz CT molecular complexity index is 478. The van der Waals surface area contributed by atoms with Crippen LogP contribution in [0, 0.1) is 5.92 Å². The van der Waals surface area contributed by atoms with E-state index in [4.69, 9.17) is 4.74 Å². The first kappa shape index (κ1) is 33.1. The number of carbonyl (C=O) groups is 1. The van der Waals surface area contributed by atoms with Crippen LogP contribution in [0.4, 0.5) is 0 Å². The van der Waals surface area contributed by atoms with Crippen LogP contribution >= 0.6 is 0 Å². The second-order valence-corrected chi connectivity index (χ2v) is 10.8. The number of hydrogen-bond acceptors (Lipinski definition) is 4. The van der Waals surface area contributed by atoms with Gasteiger partial charge in [-0.15, -0.1) is 0 Å². The SMILES string of the molecule is C=C(CC(CC(C)=O)CN(C)C)OCC(O)CCCCCCCCCCCCCCCCCC. The predicted molar refractivity (Wildman–Crippen MR) is 147 cm³/mol. The lowest BCUT2D eigenvalue weighted by Gasteiger charge is -2.22. The van der Waals surface area contributed by atoms with Crippen LogP contribution in [-0.2, 0) is 9.53 Å². The fourth-order valence-corrected chi connectivity index (χ4v) is 4.73. The molecule has 0 bridgehead atoms. The number of rotatable bonds is 26. The molecule has 0 aromatic carbocycles. The first-order chi connectivity index (χ1) is 16.3. The minimum absolute atomic E-state index is 0.197. The van der Waals surface area contributed by atoms with Gasteiger partial charge in [0, 0.05) is 19.4 Å². The van der Waals surface area contributed by atoms with Gasteiger partial charge in [-0.2, -0.15) is 0 Å². The molecule has 0 aliphatic heterocycles. The summed E-state index contributed by atoms with van der Waals surface area (Å²) in [6, 6.07) is 0. The van der Waals surface area contributed by atoms with Crippen LogP contribution in [0.25, 0.3) is 0 Å². The van der Waals surface area contributed by atoms with Gasteiger partial charge in [0.05, 0.1) is 11.9 Å². The van der Waals surface area contributed by atoms with Crippen molar-refractivity contribution in [2.75, 3.05) is 27.2 Å². The van der Waals surface area contributed by atoms with Crippen LogP contribution in [0.5, 0.6) is 0 Å². The van der Waals surface area contributed by atoms with Crippen molar-refractivity contribution < 1.29 is 14.6 Å². The van der Waals surface area contributed by atoms with E-state index in [0.717, 1.165) is 19.4 Å². The second kappa shape index (κ2) is 23.9. The number of nitrogens with zero attached hydrogens (tertiary/aromatic N) is 1. The Morgan fingerprint density at radius 1 is 0.794 bits per heavy atom. The molecule has 0 aromatic rings. The van der Waals surface area contributed by atoms with Gasteiger partial charge in [-0.1, -0.05) is 116 Å². The van der Waals surface area contributed by atoms with E-state index in [1.807, 2.05) is 14.1 Å². The molecule has 4 nitrogen and oxygen atoms in total. The lowest BCUT2D eigenvalue weighted by atomic mass is 9.98. The van der Waals surface area contributed by atoms with E-state index in [1.165, 1.54) is 96.3 Å². The number of ketones is 1. The molecular formula is C30H59NO3. The molecule has 0 saturated heterocycles. The summed E-state index contributed by atoms with van der Waals surface area (Å²) in [7, 11) is 4.02. The smallest absolute Gasteiger partial charge is 0.130 e. The van der Waals surface area contributed by atoms with Crippen molar-refractivity contribution in [2.24, 2.45) is 5.92 Å². The average molecular weight is 482 g/mol. The molecule has 0 aliphatic rings. The Labute approximate surface area is 212 Å². The second-order valence-electron chi connectivity index (χ2n) is 10.8. The van der Waals surface area contributed by atoms with Gasteiger partial charge < -0.3 is 19.5 Å². The van der Waals surface area contributed by atoms with Crippen LogP contribution in [-0.4, -0.2) is 49.1 Å². The van der Waals surface area contributed by atoms with Crippen molar-refractivity contribution in [3.63, 3.8) is 0 Å². The zero-order chi connectivity index (χ0) is 25.4. The molecule has 202 valence electrons. The van der Waals surface area contributed by atoms with Crippen LogP contribution in [0.1, 0.15) is 136 Å². The fourth-order valence-electron chi connectivity index (χ4n) is 4.73. The largest absolute Gasteiger partial charge is 0.496 e. The molecule has 0 aromatic heterocycles. The molecule has 2 atom stereocenters. The van der Waals surface area contributed by atoms with Gasteiger partial charge in [-0.25, -0.2) is 0 Å². The highest BCUT2D eigenvalue weighted by Crippen LogP contribution is 2.18. The lowest BCUT2D eigenvalue weighted by Crippen LogP contribution is -2.24. The maximum atomic E-state index is 11.5. The summed E-state index contributed by atoms with van der Waals surface area (Å²) < 4.78 is 5.70. The van der Waals surface area contributed by atoms with Crippen molar-refractivity contribution >= 4 is 5.78 Å². The highest BCUT2D eigenvalue weighted by atomic mass is 16.5. The summed E-state index contributed by atoms with van der Waals surface area (Å²) in [6.07, 6.45) is 23.3. The van der Waals surface area contributed by atoms with Crippen LogP contribution in [0.15, 0.2) is 12.3 Å². The number of ether oxygens (including phenoxy) is 1. The highest BCUT2D eigenvalue weighted by molar-refractivity contribution is 5.75. The minimum Gasteiger partial charge on any atom is -0.496 e. The van der Waals surface area contributed by atoms with Gasteiger partial charge in [-0.3, -0.25) is 0 Å². The monoisotopic (exact) mass is 481 g/mol. The van der Waals surface area contributed by atoms with Crippen molar-refractivity contribution in [1.29, 1.82) is 0 Å². The van der Waals surface area contributed by atoms with Gasteiger partial charge in [0.2, 0.25) is 0 Å². The fraction of sp³-hybridized carbons (Fsp3) is 0.900. The summed E-state index contributed by atoms with van der Waals surface area (Å²) in [5, 5.41) is 10.2. The first-order valence-corrected chi connectivity index (χ1v) is 14.5. The Morgan fingerprint density at radius 3 is 1.65 bits per heavy atom. The molecule has 0 heterocycles. The van der Waals surface area contributed by atoms with E-state index >= 15 is 0 Å². The molecule has 34 heavy (non-hydrogen) atoms. The van der Waals surface area contributed by atoms with E-state index in [0.29, 0.717) is 25.2 Å². The standard InChI is InChI=1S/C30H59NO3/c1-6-7-8-9-10-11-12-13-14-15-16-17-18-19-20-21-22-30(33)26-34-28(3)24-29(23-27(2)32)25-31(4)5/h29-30,33H,3,6-26H2,1-2,4-5H3. The van der Waals surface area contributed by atoms with E-state index < -0.39 is 6.10 Å². The Balaban J connectivity index is 3.52. The summed E-state index contributed by atoms with van der Waals surface area (Å²) in [6.45, 7) is 9.06. The number of Topliss-reactive ketones (excluding diaryl/α,β-unsaturated/α-hetero) is 1. The van der Waals surface area contributed by atoms with Crippen molar-refractivity contribution in [1.82, 2.24) is 4.90 Å². The zero-order valence-corrected chi connectivity index (χ0v) is 23.4. The summed E-state index contributed by atoms with van der Waals surface area (Å²) in [5.74, 6) is 1.10. The molecule has 0 saturated carbocycles. The number of unbranched alkanes of at least 4 members (excludes halogenated alkanes) is 15. The van der Waals surface area contributed by atoms with Gasteiger partial charge >= 0.3 is 0 Å². The molecule has 0 spiro atoms. The lowest BCUT2D eigenvalue weighted by molar-refractivity contribution is -0.118. The van der Waals surface area contributed by atoms with Gasteiger partial charge in [0.25, 0.3) is 0 Å². The maximum Gasteiger partial charge on any atom is 0.130 e. The molecule has 0 rings (SSSR count). The van der Waals surface area contributed by atoms with Crippen molar-refractivity contribution in [3.8, 4) is 0 Å². The molecule has 1 N–H and O–H groups in total. The third-order valence-corrected chi connectivity index (χ3v) is 6.59. The number of aliphatic hydroxyl groups excluding tert-OH is 1. The number of allylic oxidation sites excluding steroid dienone is 1. The van der Waals surface area contributed by atoms with Crippen LogP contribution in [0.2, 0.25) is 0 Å². The quantitative estimate of drug-likeness (QED) is 0.100. The normalized spacial score (nSPS) is 13.2. The molecule has 2 unspecified atom stereocenters. The maximum absolute atomic E-state index is 11.5. The summed E-state index contributed by atoms with van der Waals surface area (Å²) in [4.78, 5) is 13.6. The molecule has 0 aliphatic carbocycles. The molecule has 4 heteroatoms. The summed E-state index contributed by atoms with van der Waals surface area (Å²) in [5.41, 5.74) is 0. The third kappa shape index (κ3) is 24.3. The van der Waals surface area contributed by atoms with E-state index in [-0.39, 0.29) is 11.7 Å². The summed E-state index contributed by atoms with van der Waals surface area (Å²) >= 11 is 0. The molecular weight excluding hydrogens is 422 g/mol. The Kier molecular flexibility index (Phi) is 23.2. The Morgan fingerprint density at radius 2 is 1.24 bits per heavy atom. The van der Waals surface area contributed by atoms with E-state index in [1.54, 1.807) is 6.92 Å². The third-order valence-electron chi connectivity index (χ3n) is 6.59. The van der Waals surface area contributed by atoms with Crippen LogP contribution < -0.4 is 0 Å². The van der Waals surface area contributed by atoms with Crippen molar-refractivity contribution in [2.45, 2.75) is 142 Å².